The van der Waals surface area contributed by atoms with Crippen molar-refractivity contribution in [3.05, 3.63) is 82.9 Å². The van der Waals surface area contributed by atoms with Gasteiger partial charge in [-0.2, -0.15) is 0 Å². The van der Waals surface area contributed by atoms with Gasteiger partial charge >= 0.3 is 5.97 Å². The molecule has 8 heteroatoms. The Balaban J connectivity index is 1.49. The average molecular weight is 447 g/mol. The number of hydrogen-bond acceptors (Lipinski definition) is 6. The van der Waals surface area contributed by atoms with Gasteiger partial charge in [-0.05, 0) is 30.7 Å². The smallest absolute Gasteiger partial charge is 0.330 e. The second kappa shape index (κ2) is 9.28. The number of rotatable bonds is 8. The summed E-state index contributed by atoms with van der Waals surface area (Å²) in [6, 6.07) is 12.9. The highest BCUT2D eigenvalue weighted by Crippen LogP contribution is 2.31. The molecule has 4 rings (SSSR count). The Morgan fingerprint density at radius 2 is 1.79 bits per heavy atom. The molecule has 0 fully saturated rings. The molecule has 170 valence electrons. The normalized spacial score (nSPS) is 13.8. The first-order valence-electron chi connectivity index (χ1n) is 10.6. The van der Waals surface area contributed by atoms with Crippen LogP contribution in [0.1, 0.15) is 32.9 Å². The van der Waals surface area contributed by atoms with Crippen molar-refractivity contribution in [1.82, 2.24) is 15.3 Å². The standard InChI is InChI=1S/C25H25N3O5/c1-16-4-3-5-17(12-16)8-11-33-22-13-18(6-7-21(22)32-2)23(29)28-25(24(30)31)14-19-20(15-25)27-10-9-26-19/h3-7,9-10,12-13H,8,11,14-15H2,1-2H3,(H,28,29)(H,30,31). The van der Waals surface area contributed by atoms with Crippen LogP contribution >= 0.6 is 0 Å². The fourth-order valence-electron chi connectivity index (χ4n) is 3.98. The summed E-state index contributed by atoms with van der Waals surface area (Å²) in [5.74, 6) is -0.735. The second-order valence-electron chi connectivity index (χ2n) is 8.10. The van der Waals surface area contributed by atoms with E-state index < -0.39 is 17.4 Å². The lowest BCUT2D eigenvalue weighted by Gasteiger charge is -2.25. The number of nitrogens with zero attached hydrogens (tertiary/aromatic N) is 2. The Morgan fingerprint density at radius 1 is 1.06 bits per heavy atom. The van der Waals surface area contributed by atoms with E-state index in [4.69, 9.17) is 9.47 Å². The topological polar surface area (TPSA) is 111 Å². The first-order valence-corrected chi connectivity index (χ1v) is 10.6. The maximum atomic E-state index is 13.0. The summed E-state index contributed by atoms with van der Waals surface area (Å²) < 4.78 is 11.3. The number of fused-ring (bicyclic) bond motifs is 1. The molecule has 0 aliphatic heterocycles. The fraction of sp³-hybridized carbons (Fsp3) is 0.280. The van der Waals surface area contributed by atoms with Crippen LogP contribution in [0.15, 0.2) is 54.9 Å². The van der Waals surface area contributed by atoms with Crippen LogP contribution < -0.4 is 14.8 Å². The summed E-state index contributed by atoms with van der Waals surface area (Å²) >= 11 is 0. The Morgan fingerprint density at radius 3 is 2.42 bits per heavy atom. The molecule has 0 spiro atoms. The fourth-order valence-corrected chi connectivity index (χ4v) is 3.98. The maximum absolute atomic E-state index is 13.0. The first kappa shape index (κ1) is 22.3. The van der Waals surface area contributed by atoms with Crippen molar-refractivity contribution in [2.45, 2.75) is 31.7 Å². The number of carboxylic acids is 1. The molecule has 0 saturated heterocycles. The lowest BCUT2D eigenvalue weighted by molar-refractivity contribution is -0.144. The van der Waals surface area contributed by atoms with Crippen molar-refractivity contribution in [1.29, 1.82) is 0 Å². The summed E-state index contributed by atoms with van der Waals surface area (Å²) in [5, 5.41) is 12.6. The van der Waals surface area contributed by atoms with Gasteiger partial charge in [0, 0.05) is 37.2 Å². The van der Waals surface area contributed by atoms with Crippen LogP contribution in [0, 0.1) is 6.92 Å². The maximum Gasteiger partial charge on any atom is 0.330 e. The highest BCUT2D eigenvalue weighted by atomic mass is 16.5. The van der Waals surface area contributed by atoms with Gasteiger partial charge in [-0.3, -0.25) is 14.8 Å². The minimum Gasteiger partial charge on any atom is -0.493 e. The minimum atomic E-state index is -1.49. The third kappa shape index (κ3) is 4.79. The molecule has 0 radical (unpaired) electrons. The molecule has 33 heavy (non-hydrogen) atoms. The van der Waals surface area contributed by atoms with Gasteiger partial charge < -0.3 is 19.9 Å². The summed E-state index contributed by atoms with van der Waals surface area (Å²) in [7, 11) is 1.53. The summed E-state index contributed by atoms with van der Waals surface area (Å²) in [4.78, 5) is 33.6. The van der Waals surface area contributed by atoms with E-state index >= 15 is 0 Å². The van der Waals surface area contributed by atoms with E-state index in [0.717, 1.165) is 5.56 Å². The number of ether oxygens (including phenoxy) is 2. The lowest BCUT2D eigenvalue weighted by Crippen LogP contribution is -2.55. The number of aromatic nitrogens is 2. The van der Waals surface area contributed by atoms with E-state index in [0.29, 0.717) is 35.9 Å². The Kier molecular flexibility index (Phi) is 6.26. The first-order chi connectivity index (χ1) is 15.9. The molecule has 1 aliphatic carbocycles. The third-order valence-corrected chi connectivity index (χ3v) is 5.72. The monoisotopic (exact) mass is 447 g/mol. The van der Waals surface area contributed by atoms with Gasteiger partial charge in [-0.15, -0.1) is 0 Å². The highest BCUT2D eigenvalue weighted by Gasteiger charge is 2.47. The van der Waals surface area contributed by atoms with Crippen molar-refractivity contribution in [3.63, 3.8) is 0 Å². The Hall–Kier alpha value is -3.94. The number of methoxy groups -OCH3 is 1. The predicted molar refractivity (Wildman–Crippen MR) is 121 cm³/mol. The molecule has 2 N–H and O–H groups in total. The SMILES string of the molecule is COc1ccc(C(=O)NC2(C(=O)O)Cc3nccnc3C2)cc1OCCc1cccc(C)c1. The average Bonchev–Trinajstić information content (AvgIpc) is 3.18. The van der Waals surface area contributed by atoms with Crippen LogP contribution in [0.25, 0.3) is 0 Å². The molecule has 0 saturated carbocycles. The number of amides is 1. The zero-order valence-electron chi connectivity index (χ0n) is 18.5. The molecule has 1 aromatic heterocycles. The van der Waals surface area contributed by atoms with Gasteiger partial charge in [0.15, 0.2) is 11.5 Å². The zero-order valence-corrected chi connectivity index (χ0v) is 18.5. The molecular weight excluding hydrogens is 422 g/mol. The molecule has 0 unspecified atom stereocenters. The summed E-state index contributed by atoms with van der Waals surface area (Å²) in [5.41, 5.74) is 2.27. The van der Waals surface area contributed by atoms with Gasteiger partial charge in [0.1, 0.15) is 5.54 Å². The van der Waals surface area contributed by atoms with Crippen LogP contribution in [0.5, 0.6) is 11.5 Å². The third-order valence-electron chi connectivity index (χ3n) is 5.72. The van der Waals surface area contributed by atoms with Crippen LogP contribution in [0.2, 0.25) is 0 Å². The minimum absolute atomic E-state index is 0.0766. The molecule has 3 aromatic rings. The number of carbonyl (C=O) groups is 2. The van der Waals surface area contributed by atoms with Gasteiger partial charge in [0.05, 0.1) is 25.1 Å². The molecule has 0 atom stereocenters. The molecule has 0 bridgehead atoms. The quantitative estimate of drug-likeness (QED) is 0.546. The molecule has 2 aromatic carbocycles. The van der Waals surface area contributed by atoms with Crippen LogP contribution in [0.4, 0.5) is 0 Å². The van der Waals surface area contributed by atoms with E-state index in [1.54, 1.807) is 18.2 Å². The van der Waals surface area contributed by atoms with Crippen LogP contribution in [-0.4, -0.2) is 46.2 Å². The Bertz CT molecular complexity index is 1170. The van der Waals surface area contributed by atoms with Crippen LogP contribution in [0.3, 0.4) is 0 Å². The van der Waals surface area contributed by atoms with E-state index in [2.05, 4.69) is 21.4 Å². The van der Waals surface area contributed by atoms with Gasteiger partial charge in [-0.1, -0.05) is 29.8 Å². The second-order valence-corrected chi connectivity index (χ2v) is 8.10. The van der Waals surface area contributed by atoms with E-state index in [1.165, 1.54) is 25.1 Å². The number of nitrogens with one attached hydrogen (secondary N) is 1. The van der Waals surface area contributed by atoms with E-state index in [1.807, 2.05) is 25.1 Å². The number of benzene rings is 2. The molecular formula is C25H25N3O5. The van der Waals surface area contributed by atoms with Gasteiger partial charge in [0.25, 0.3) is 5.91 Å². The zero-order chi connectivity index (χ0) is 23.4. The van der Waals surface area contributed by atoms with Crippen molar-refractivity contribution in [3.8, 4) is 11.5 Å². The van der Waals surface area contributed by atoms with Gasteiger partial charge in [-0.25, -0.2) is 4.79 Å². The number of carboxylic acid groups (broad SMARTS) is 1. The predicted octanol–water partition coefficient (Wildman–Crippen LogP) is 2.77. The summed E-state index contributed by atoms with van der Waals surface area (Å²) in [6.07, 6.45) is 3.88. The molecule has 1 aliphatic rings. The molecule has 1 heterocycles. The van der Waals surface area contributed by atoms with E-state index in [9.17, 15) is 14.7 Å². The van der Waals surface area contributed by atoms with E-state index in [-0.39, 0.29) is 18.4 Å². The van der Waals surface area contributed by atoms with Crippen LogP contribution in [-0.2, 0) is 24.1 Å². The number of hydrogen-bond donors (Lipinski definition) is 2. The largest absolute Gasteiger partial charge is 0.493 e. The number of aryl methyl sites for hydroxylation is 1. The summed E-state index contributed by atoms with van der Waals surface area (Å²) in [6.45, 7) is 2.44. The highest BCUT2D eigenvalue weighted by molar-refractivity contribution is 5.98. The van der Waals surface area contributed by atoms with Crippen molar-refractivity contribution in [2.75, 3.05) is 13.7 Å². The number of aliphatic carboxylic acids is 1. The molecule has 1 amide bonds. The van der Waals surface area contributed by atoms with Crippen molar-refractivity contribution in [2.24, 2.45) is 0 Å². The molecule has 8 nitrogen and oxygen atoms in total. The lowest BCUT2D eigenvalue weighted by atomic mass is 9.96. The van der Waals surface area contributed by atoms with Crippen molar-refractivity contribution < 1.29 is 24.2 Å². The Labute approximate surface area is 191 Å². The van der Waals surface area contributed by atoms with Crippen molar-refractivity contribution >= 4 is 11.9 Å². The van der Waals surface area contributed by atoms with Gasteiger partial charge in [0.2, 0.25) is 0 Å². The number of carbonyl (C=O) groups excluding carboxylic acids is 1.